The molecule has 0 spiro atoms. The van der Waals surface area contributed by atoms with Crippen LogP contribution < -0.4 is 4.74 Å². The quantitative estimate of drug-likeness (QED) is 0.434. The van der Waals surface area contributed by atoms with E-state index >= 15 is 0 Å². The van der Waals surface area contributed by atoms with Gasteiger partial charge in [-0.05, 0) is 19.1 Å². The molecule has 0 saturated heterocycles. The number of nitrogens with zero attached hydrogens (tertiary/aromatic N) is 3. The molecule has 29 heavy (non-hydrogen) atoms. The largest absolute Gasteiger partial charge is 0.497 e. The van der Waals surface area contributed by atoms with Crippen molar-refractivity contribution in [3.05, 3.63) is 71.1 Å². The van der Waals surface area contributed by atoms with Gasteiger partial charge in [-0.3, -0.25) is 0 Å². The van der Waals surface area contributed by atoms with Crippen LogP contribution >= 0.6 is 11.3 Å². The van der Waals surface area contributed by atoms with E-state index in [-0.39, 0.29) is 12.5 Å². The number of thiazole rings is 1. The van der Waals surface area contributed by atoms with Crippen molar-refractivity contribution in [3.8, 4) is 27.7 Å². The molecule has 0 radical (unpaired) electrons. The standard InChI is InChI=1S/C21H17N3O4S/c1-13-18(29-20(22-13)14-7-4-3-5-8-14)21(25)27-12-17-23-19(24-28-17)15-9-6-10-16(11-15)26-2/h3-11H,12H2,1-2H3. The zero-order chi connectivity index (χ0) is 20.2. The van der Waals surface area contributed by atoms with Gasteiger partial charge in [0.2, 0.25) is 5.82 Å². The first-order chi connectivity index (χ1) is 14.1. The summed E-state index contributed by atoms with van der Waals surface area (Å²) in [6.45, 7) is 1.67. The van der Waals surface area contributed by atoms with E-state index in [1.165, 1.54) is 11.3 Å². The minimum absolute atomic E-state index is 0.117. The van der Waals surface area contributed by atoms with E-state index in [0.717, 1.165) is 16.1 Å². The molecule has 0 saturated carbocycles. The van der Waals surface area contributed by atoms with E-state index in [2.05, 4.69) is 15.1 Å². The first-order valence-electron chi connectivity index (χ1n) is 8.81. The molecule has 0 aliphatic carbocycles. The second-order valence-corrected chi connectivity index (χ2v) is 7.12. The van der Waals surface area contributed by atoms with Crippen LogP contribution in [0.4, 0.5) is 0 Å². The monoisotopic (exact) mass is 407 g/mol. The minimum atomic E-state index is -0.469. The van der Waals surface area contributed by atoms with Crippen molar-refractivity contribution in [1.29, 1.82) is 0 Å². The van der Waals surface area contributed by atoms with Gasteiger partial charge in [0.05, 0.1) is 12.8 Å². The summed E-state index contributed by atoms with van der Waals surface area (Å²) in [5.74, 6) is 0.829. The van der Waals surface area contributed by atoms with Gasteiger partial charge in [-0.25, -0.2) is 9.78 Å². The molecule has 0 atom stereocenters. The number of aromatic nitrogens is 3. The molecule has 0 amide bonds. The SMILES string of the molecule is COc1cccc(-c2noc(COC(=O)c3sc(-c4ccccc4)nc3C)n2)c1. The molecule has 4 aromatic rings. The second kappa shape index (κ2) is 8.24. The Kier molecular flexibility index (Phi) is 5.35. The molecule has 4 rings (SSSR count). The Labute approximate surface area is 170 Å². The van der Waals surface area contributed by atoms with Crippen molar-refractivity contribution in [1.82, 2.24) is 15.1 Å². The third kappa shape index (κ3) is 4.17. The number of methoxy groups -OCH3 is 1. The highest BCUT2D eigenvalue weighted by Gasteiger charge is 2.19. The van der Waals surface area contributed by atoms with Crippen LogP contribution in [0.25, 0.3) is 22.0 Å². The minimum Gasteiger partial charge on any atom is -0.497 e. The van der Waals surface area contributed by atoms with Crippen LogP contribution in [0.3, 0.4) is 0 Å². The summed E-state index contributed by atoms with van der Waals surface area (Å²) in [5, 5.41) is 4.70. The van der Waals surface area contributed by atoms with Crippen LogP contribution in [0.15, 0.2) is 59.1 Å². The Morgan fingerprint density at radius 3 is 2.66 bits per heavy atom. The zero-order valence-electron chi connectivity index (χ0n) is 15.8. The summed E-state index contributed by atoms with van der Waals surface area (Å²) in [5.41, 5.74) is 2.33. The summed E-state index contributed by atoms with van der Waals surface area (Å²) in [4.78, 5) is 21.7. The van der Waals surface area contributed by atoms with Gasteiger partial charge in [0, 0.05) is 11.1 Å². The number of esters is 1. The fourth-order valence-electron chi connectivity index (χ4n) is 2.68. The van der Waals surface area contributed by atoms with Crippen LogP contribution in [0.5, 0.6) is 5.75 Å². The molecule has 7 nitrogen and oxygen atoms in total. The molecule has 0 bridgehead atoms. The van der Waals surface area contributed by atoms with Crippen molar-refractivity contribution in [2.24, 2.45) is 0 Å². The van der Waals surface area contributed by atoms with E-state index in [9.17, 15) is 4.79 Å². The third-order valence-corrected chi connectivity index (χ3v) is 5.31. The van der Waals surface area contributed by atoms with Crippen molar-refractivity contribution in [2.75, 3.05) is 7.11 Å². The van der Waals surface area contributed by atoms with Gasteiger partial charge in [0.15, 0.2) is 6.61 Å². The number of rotatable bonds is 6. The first-order valence-corrected chi connectivity index (χ1v) is 9.62. The Morgan fingerprint density at radius 1 is 1.07 bits per heavy atom. The van der Waals surface area contributed by atoms with Gasteiger partial charge in [-0.1, -0.05) is 47.6 Å². The van der Waals surface area contributed by atoms with E-state index in [1.54, 1.807) is 20.1 Å². The summed E-state index contributed by atoms with van der Waals surface area (Å²) in [6, 6.07) is 17.0. The third-order valence-electron chi connectivity index (χ3n) is 4.13. The van der Waals surface area contributed by atoms with Gasteiger partial charge in [0.25, 0.3) is 5.89 Å². The Bertz CT molecular complexity index is 1140. The molecule has 0 unspecified atom stereocenters. The Hall–Kier alpha value is -3.52. The van der Waals surface area contributed by atoms with Crippen LogP contribution in [0.2, 0.25) is 0 Å². The average molecular weight is 407 g/mol. The van der Waals surface area contributed by atoms with Crippen molar-refractivity contribution in [3.63, 3.8) is 0 Å². The second-order valence-electron chi connectivity index (χ2n) is 6.12. The summed E-state index contributed by atoms with van der Waals surface area (Å²) in [7, 11) is 1.59. The van der Waals surface area contributed by atoms with Crippen molar-refractivity contribution >= 4 is 17.3 Å². The topological polar surface area (TPSA) is 87.3 Å². The van der Waals surface area contributed by atoms with Crippen LogP contribution in [0.1, 0.15) is 21.3 Å². The highest BCUT2D eigenvalue weighted by molar-refractivity contribution is 7.17. The van der Waals surface area contributed by atoms with Gasteiger partial charge in [0.1, 0.15) is 15.6 Å². The molecular weight excluding hydrogens is 390 g/mol. The molecular formula is C21H17N3O4S. The summed E-state index contributed by atoms with van der Waals surface area (Å²) < 4.78 is 15.7. The predicted octanol–water partition coefficient (Wildman–Crippen LogP) is 4.53. The molecule has 0 fully saturated rings. The van der Waals surface area contributed by atoms with Crippen LogP contribution in [-0.2, 0) is 11.3 Å². The molecule has 0 N–H and O–H groups in total. The molecule has 2 heterocycles. The average Bonchev–Trinajstić information content (AvgIpc) is 3.39. The fourth-order valence-corrected chi connectivity index (χ4v) is 3.64. The molecule has 0 aliphatic heterocycles. The van der Waals surface area contributed by atoms with Gasteiger partial charge < -0.3 is 14.0 Å². The lowest BCUT2D eigenvalue weighted by Gasteiger charge is -2.00. The smallest absolute Gasteiger partial charge is 0.350 e. The highest BCUT2D eigenvalue weighted by Crippen LogP contribution is 2.28. The Balaban J connectivity index is 1.44. The number of benzene rings is 2. The lowest BCUT2D eigenvalue weighted by molar-refractivity contribution is 0.0434. The molecule has 2 aromatic carbocycles. The Morgan fingerprint density at radius 2 is 1.86 bits per heavy atom. The number of carbonyl (C=O) groups excluding carboxylic acids is 1. The number of hydrogen-bond acceptors (Lipinski definition) is 8. The normalized spacial score (nSPS) is 10.7. The van der Waals surface area contributed by atoms with E-state index in [1.807, 2.05) is 48.5 Å². The summed E-state index contributed by atoms with van der Waals surface area (Å²) in [6.07, 6.45) is 0. The van der Waals surface area contributed by atoms with Gasteiger partial charge in [-0.15, -0.1) is 11.3 Å². The van der Waals surface area contributed by atoms with Crippen LogP contribution in [0, 0.1) is 6.92 Å². The van der Waals surface area contributed by atoms with Crippen molar-refractivity contribution in [2.45, 2.75) is 13.5 Å². The maximum Gasteiger partial charge on any atom is 0.350 e. The van der Waals surface area contributed by atoms with Crippen molar-refractivity contribution < 1.29 is 18.8 Å². The van der Waals surface area contributed by atoms with Gasteiger partial charge in [-0.2, -0.15) is 4.98 Å². The fraction of sp³-hybridized carbons (Fsp3) is 0.143. The van der Waals surface area contributed by atoms with Crippen LogP contribution in [-0.4, -0.2) is 28.2 Å². The number of hydrogen-bond donors (Lipinski definition) is 0. The molecule has 146 valence electrons. The number of ether oxygens (including phenoxy) is 2. The van der Waals surface area contributed by atoms with Gasteiger partial charge >= 0.3 is 5.97 Å². The van der Waals surface area contributed by atoms with E-state index in [4.69, 9.17) is 14.0 Å². The highest BCUT2D eigenvalue weighted by atomic mass is 32.1. The maximum absolute atomic E-state index is 12.5. The summed E-state index contributed by atoms with van der Waals surface area (Å²) >= 11 is 1.30. The van der Waals surface area contributed by atoms with E-state index < -0.39 is 5.97 Å². The molecule has 8 heteroatoms. The lowest BCUT2D eigenvalue weighted by atomic mass is 10.2. The zero-order valence-corrected chi connectivity index (χ0v) is 16.6. The molecule has 0 aliphatic rings. The first kappa shape index (κ1) is 18.8. The molecule has 2 aromatic heterocycles. The number of aryl methyl sites for hydroxylation is 1. The number of carbonyl (C=O) groups is 1. The maximum atomic E-state index is 12.5. The van der Waals surface area contributed by atoms with E-state index in [0.29, 0.717) is 22.1 Å². The lowest BCUT2D eigenvalue weighted by Crippen LogP contribution is -2.05. The predicted molar refractivity (Wildman–Crippen MR) is 108 cm³/mol.